The number of nitrogens with one attached hydrogen (secondary N) is 1. The van der Waals surface area contributed by atoms with Gasteiger partial charge in [-0.25, -0.2) is 0 Å². The van der Waals surface area contributed by atoms with Crippen LogP contribution in [0.25, 0.3) is 0 Å². The van der Waals surface area contributed by atoms with E-state index in [4.69, 9.17) is 0 Å². The lowest BCUT2D eigenvalue weighted by Crippen LogP contribution is -2.38. The van der Waals surface area contributed by atoms with E-state index in [-0.39, 0.29) is 29.3 Å². The highest BCUT2D eigenvalue weighted by Gasteiger charge is 2.48. The summed E-state index contributed by atoms with van der Waals surface area (Å²) in [6.45, 7) is 0.918. The van der Waals surface area contributed by atoms with Crippen molar-refractivity contribution < 1.29 is 27.6 Å². The number of hydrogen-bond donors (Lipinski definition) is 1. The number of hydrogen-bond acceptors (Lipinski definition) is 4. The molecule has 4 rings (SSSR count). The normalized spacial score (nSPS) is 24.4. The van der Waals surface area contributed by atoms with Crippen LogP contribution >= 0.6 is 0 Å². The second kappa shape index (κ2) is 7.92. The van der Waals surface area contributed by atoms with E-state index < -0.39 is 24.2 Å². The molecule has 3 fully saturated rings. The Morgan fingerprint density at radius 2 is 1.60 bits per heavy atom. The first-order valence-corrected chi connectivity index (χ1v) is 10.4. The van der Waals surface area contributed by atoms with Crippen LogP contribution in [-0.2, 0) is 20.6 Å². The zero-order valence-electron chi connectivity index (χ0n) is 16.5. The molecule has 2 saturated heterocycles. The molecular formula is C21H24F3N3O3. The molecule has 3 aliphatic rings. The van der Waals surface area contributed by atoms with E-state index in [2.05, 4.69) is 5.32 Å². The third-order valence-electron chi connectivity index (χ3n) is 6.28. The van der Waals surface area contributed by atoms with Crippen molar-refractivity contribution in [2.75, 3.05) is 29.9 Å². The summed E-state index contributed by atoms with van der Waals surface area (Å²) in [6.07, 6.45) is 0.342. The van der Waals surface area contributed by atoms with Crippen LogP contribution in [0.5, 0.6) is 0 Å². The minimum atomic E-state index is -4.54. The predicted octanol–water partition coefficient (Wildman–Crippen LogP) is 3.42. The van der Waals surface area contributed by atoms with Gasteiger partial charge in [0.2, 0.25) is 17.7 Å². The molecule has 2 atom stereocenters. The molecule has 3 amide bonds. The van der Waals surface area contributed by atoms with Crippen molar-refractivity contribution in [3.05, 3.63) is 23.8 Å². The van der Waals surface area contributed by atoms with Gasteiger partial charge >= 0.3 is 6.18 Å². The molecule has 9 heteroatoms. The smallest absolute Gasteiger partial charge is 0.370 e. The number of benzene rings is 1. The van der Waals surface area contributed by atoms with Gasteiger partial charge in [-0.15, -0.1) is 0 Å². The molecule has 6 nitrogen and oxygen atoms in total. The number of carbonyl (C=O) groups excluding carboxylic acids is 3. The Morgan fingerprint density at radius 1 is 1.00 bits per heavy atom. The van der Waals surface area contributed by atoms with Crippen molar-refractivity contribution in [3.8, 4) is 0 Å². The molecule has 0 aromatic heterocycles. The third kappa shape index (κ3) is 3.89. The number of halogens is 3. The molecule has 0 bridgehead atoms. The van der Waals surface area contributed by atoms with Crippen LogP contribution in [0.2, 0.25) is 0 Å². The Morgan fingerprint density at radius 3 is 2.17 bits per heavy atom. The number of anilines is 2. The highest BCUT2D eigenvalue weighted by Crippen LogP contribution is 2.39. The summed E-state index contributed by atoms with van der Waals surface area (Å²) in [5, 5.41) is 2.52. The van der Waals surface area contributed by atoms with Crippen LogP contribution in [0.4, 0.5) is 24.5 Å². The lowest BCUT2D eigenvalue weighted by molar-refractivity contribution is -0.142. The molecule has 0 unspecified atom stereocenters. The van der Waals surface area contributed by atoms with Crippen molar-refractivity contribution in [1.29, 1.82) is 0 Å². The first kappa shape index (κ1) is 20.7. The quantitative estimate of drug-likeness (QED) is 0.754. The molecule has 162 valence electrons. The average molecular weight is 423 g/mol. The predicted molar refractivity (Wildman–Crippen MR) is 104 cm³/mol. The summed E-state index contributed by atoms with van der Waals surface area (Å²) >= 11 is 0. The Hall–Kier alpha value is -2.58. The number of rotatable bonds is 4. The average Bonchev–Trinajstić information content (AvgIpc) is 3.31. The fraction of sp³-hybridized carbons (Fsp3) is 0.571. The van der Waals surface area contributed by atoms with Crippen LogP contribution in [0.3, 0.4) is 0 Å². The van der Waals surface area contributed by atoms with E-state index >= 15 is 0 Å². The van der Waals surface area contributed by atoms with Gasteiger partial charge in [0.05, 0.1) is 28.8 Å². The van der Waals surface area contributed by atoms with Gasteiger partial charge in [-0.1, -0.05) is 12.8 Å². The molecule has 0 spiro atoms. The maximum absolute atomic E-state index is 13.2. The SMILES string of the molecule is O=C(CN1C(=O)[C@H]2CCCC[C@H]2C1=O)Nc1cc(C(F)(F)F)ccc1N1CCCC1. The molecule has 1 saturated carbocycles. The van der Waals surface area contributed by atoms with Crippen LogP contribution in [0.1, 0.15) is 44.1 Å². The van der Waals surface area contributed by atoms with Gasteiger partial charge in [-0.3, -0.25) is 19.3 Å². The molecular weight excluding hydrogens is 399 g/mol. The van der Waals surface area contributed by atoms with Gasteiger partial charge in [0.25, 0.3) is 0 Å². The van der Waals surface area contributed by atoms with Crippen LogP contribution < -0.4 is 10.2 Å². The standard InChI is InChI=1S/C21H24F3N3O3/c22-21(23,24)13-7-8-17(26-9-3-4-10-26)16(11-13)25-18(28)12-27-19(29)14-5-1-2-6-15(14)20(27)30/h7-8,11,14-15H,1-6,9-10,12H2,(H,25,28)/t14-,15+. The maximum atomic E-state index is 13.2. The van der Waals surface area contributed by atoms with Gasteiger partial charge in [-0.2, -0.15) is 13.2 Å². The Bertz CT molecular complexity index is 841. The zero-order valence-corrected chi connectivity index (χ0v) is 16.5. The van der Waals surface area contributed by atoms with Crippen LogP contribution in [0, 0.1) is 11.8 Å². The fourth-order valence-electron chi connectivity index (χ4n) is 4.77. The monoisotopic (exact) mass is 423 g/mol. The van der Waals surface area contributed by atoms with Crippen LogP contribution in [-0.4, -0.2) is 42.3 Å². The highest BCUT2D eigenvalue weighted by molar-refractivity contribution is 6.09. The first-order valence-electron chi connectivity index (χ1n) is 10.4. The second-order valence-electron chi connectivity index (χ2n) is 8.23. The summed E-state index contributed by atoms with van der Waals surface area (Å²) in [6, 6.07) is 3.28. The van der Waals surface area contributed by atoms with Gasteiger partial charge in [0, 0.05) is 13.1 Å². The number of amides is 3. The molecule has 1 aliphatic carbocycles. The topological polar surface area (TPSA) is 69.7 Å². The summed E-state index contributed by atoms with van der Waals surface area (Å²) in [5.41, 5.74) is -0.296. The first-order chi connectivity index (χ1) is 14.3. The summed E-state index contributed by atoms with van der Waals surface area (Å²) < 4.78 is 39.6. The third-order valence-corrected chi connectivity index (χ3v) is 6.28. The summed E-state index contributed by atoms with van der Waals surface area (Å²) in [7, 11) is 0. The Labute approximate surface area is 172 Å². The Kier molecular flexibility index (Phi) is 5.46. The van der Waals surface area contributed by atoms with Gasteiger partial charge < -0.3 is 10.2 Å². The second-order valence-corrected chi connectivity index (χ2v) is 8.23. The van der Waals surface area contributed by atoms with Gasteiger partial charge in [0.1, 0.15) is 6.54 Å². The van der Waals surface area contributed by atoms with E-state index in [0.717, 1.165) is 42.7 Å². The fourth-order valence-corrected chi connectivity index (χ4v) is 4.77. The molecule has 1 aromatic rings. The van der Waals surface area contributed by atoms with Crippen molar-refractivity contribution in [2.24, 2.45) is 11.8 Å². The van der Waals surface area contributed by atoms with Gasteiger partial charge in [0.15, 0.2) is 0 Å². The summed E-state index contributed by atoms with van der Waals surface area (Å²) in [4.78, 5) is 40.7. The van der Waals surface area contributed by atoms with Crippen molar-refractivity contribution in [2.45, 2.75) is 44.7 Å². The van der Waals surface area contributed by atoms with E-state index in [1.807, 2.05) is 4.90 Å². The van der Waals surface area contributed by atoms with E-state index in [1.54, 1.807) is 0 Å². The van der Waals surface area contributed by atoms with Crippen molar-refractivity contribution in [1.82, 2.24) is 4.90 Å². The van der Waals surface area contributed by atoms with E-state index in [0.29, 0.717) is 31.6 Å². The van der Waals surface area contributed by atoms with Crippen LogP contribution in [0.15, 0.2) is 18.2 Å². The minimum Gasteiger partial charge on any atom is -0.370 e. The molecule has 30 heavy (non-hydrogen) atoms. The number of fused-ring (bicyclic) bond motifs is 1. The molecule has 1 N–H and O–H groups in total. The van der Waals surface area contributed by atoms with Crippen molar-refractivity contribution in [3.63, 3.8) is 0 Å². The van der Waals surface area contributed by atoms with E-state index in [1.165, 1.54) is 6.07 Å². The number of nitrogens with zero attached hydrogens (tertiary/aromatic N) is 2. The Balaban J connectivity index is 1.53. The van der Waals surface area contributed by atoms with E-state index in [9.17, 15) is 27.6 Å². The number of likely N-dealkylation sites (tertiary alicyclic amines) is 1. The number of carbonyl (C=O) groups is 3. The molecule has 2 aliphatic heterocycles. The highest BCUT2D eigenvalue weighted by atomic mass is 19.4. The zero-order chi connectivity index (χ0) is 21.5. The molecule has 0 radical (unpaired) electrons. The van der Waals surface area contributed by atoms with Crippen molar-refractivity contribution >= 4 is 29.1 Å². The number of imide groups is 1. The largest absolute Gasteiger partial charge is 0.416 e. The molecule has 2 heterocycles. The van der Waals surface area contributed by atoms with Gasteiger partial charge in [-0.05, 0) is 43.9 Å². The lowest BCUT2D eigenvalue weighted by atomic mass is 9.81. The minimum absolute atomic E-state index is 0.0493. The molecule has 1 aromatic carbocycles. The number of alkyl halides is 3. The maximum Gasteiger partial charge on any atom is 0.416 e. The lowest BCUT2D eigenvalue weighted by Gasteiger charge is -2.23. The summed E-state index contributed by atoms with van der Waals surface area (Å²) in [5.74, 6) is -2.09.